The van der Waals surface area contributed by atoms with Crippen molar-refractivity contribution in [3.63, 3.8) is 0 Å². The Bertz CT molecular complexity index is 434. The molecule has 0 bridgehead atoms. The van der Waals surface area contributed by atoms with Crippen LogP contribution in [0.5, 0.6) is 0 Å². The number of alkyl halides is 3. The van der Waals surface area contributed by atoms with Crippen LogP contribution in [0.1, 0.15) is 17.2 Å². The summed E-state index contributed by atoms with van der Waals surface area (Å²) in [7, 11) is 1.42. The summed E-state index contributed by atoms with van der Waals surface area (Å²) in [6.07, 6.45) is -4.59. The monoisotopic (exact) mass is 277 g/mol. The molecule has 0 aliphatic carbocycles. The van der Waals surface area contributed by atoms with E-state index in [1.165, 1.54) is 19.2 Å². The number of benzene rings is 1. The molecule has 0 spiro atoms. The van der Waals surface area contributed by atoms with Crippen molar-refractivity contribution in [3.05, 3.63) is 35.4 Å². The van der Waals surface area contributed by atoms with Gasteiger partial charge in [-0.05, 0) is 11.6 Å². The van der Waals surface area contributed by atoms with Crippen LogP contribution < -0.4 is 5.32 Å². The fourth-order valence-corrected chi connectivity index (χ4v) is 1.64. The van der Waals surface area contributed by atoms with Crippen molar-refractivity contribution in [2.75, 3.05) is 20.3 Å². The largest absolute Gasteiger partial charge is 0.480 e. The van der Waals surface area contributed by atoms with Crippen molar-refractivity contribution < 1.29 is 27.8 Å². The fourth-order valence-electron chi connectivity index (χ4n) is 1.64. The second kappa shape index (κ2) is 6.53. The Balaban J connectivity index is 3.06. The highest BCUT2D eigenvalue weighted by atomic mass is 19.4. The van der Waals surface area contributed by atoms with E-state index in [0.29, 0.717) is 0 Å². The average Bonchev–Trinajstić information content (AvgIpc) is 2.33. The molecule has 4 nitrogen and oxygen atoms in total. The third-order valence-electron chi connectivity index (χ3n) is 2.48. The number of carbonyl (C=O) groups is 1. The standard InChI is InChI=1S/C12H14F3NO3/c1-19-7-6-16-10(11(17)18)8-4-2-3-5-9(8)12(13,14)15/h2-5,10,16H,6-7H2,1H3,(H,17,18). The number of carboxylic acid groups (broad SMARTS) is 1. The fraction of sp³-hybridized carbons (Fsp3) is 0.417. The van der Waals surface area contributed by atoms with Gasteiger partial charge in [0.1, 0.15) is 6.04 Å². The maximum absolute atomic E-state index is 12.8. The molecule has 0 aromatic heterocycles. The summed E-state index contributed by atoms with van der Waals surface area (Å²) in [4.78, 5) is 11.1. The van der Waals surface area contributed by atoms with Gasteiger partial charge in [-0.3, -0.25) is 10.1 Å². The summed E-state index contributed by atoms with van der Waals surface area (Å²) in [6.45, 7) is 0.345. The number of ether oxygens (including phenoxy) is 1. The van der Waals surface area contributed by atoms with Crippen LogP contribution in [0.15, 0.2) is 24.3 Å². The minimum atomic E-state index is -4.59. The van der Waals surface area contributed by atoms with E-state index in [1.807, 2.05) is 0 Å². The minimum Gasteiger partial charge on any atom is -0.480 e. The van der Waals surface area contributed by atoms with Gasteiger partial charge in [0, 0.05) is 13.7 Å². The summed E-state index contributed by atoms with van der Waals surface area (Å²) >= 11 is 0. The first kappa shape index (κ1) is 15.5. The summed E-state index contributed by atoms with van der Waals surface area (Å²) in [5.74, 6) is -1.37. The van der Waals surface area contributed by atoms with Crippen LogP contribution in [0, 0.1) is 0 Å². The molecule has 0 aliphatic rings. The van der Waals surface area contributed by atoms with E-state index in [-0.39, 0.29) is 18.7 Å². The summed E-state index contributed by atoms with van der Waals surface area (Å²) in [5.41, 5.74) is -1.26. The molecule has 0 amide bonds. The Labute approximate surface area is 108 Å². The Kier molecular flexibility index (Phi) is 5.31. The Morgan fingerprint density at radius 3 is 2.58 bits per heavy atom. The molecule has 19 heavy (non-hydrogen) atoms. The van der Waals surface area contributed by atoms with E-state index in [9.17, 15) is 18.0 Å². The second-order valence-electron chi connectivity index (χ2n) is 3.80. The summed E-state index contributed by atoms with van der Waals surface area (Å²) < 4.78 is 43.2. The number of hydrogen-bond donors (Lipinski definition) is 2. The van der Waals surface area contributed by atoms with Crippen LogP contribution in [0.3, 0.4) is 0 Å². The van der Waals surface area contributed by atoms with E-state index in [4.69, 9.17) is 9.84 Å². The molecular weight excluding hydrogens is 263 g/mol. The van der Waals surface area contributed by atoms with E-state index >= 15 is 0 Å². The van der Waals surface area contributed by atoms with Crippen LogP contribution in [0.2, 0.25) is 0 Å². The van der Waals surface area contributed by atoms with Gasteiger partial charge in [-0.1, -0.05) is 18.2 Å². The van der Waals surface area contributed by atoms with E-state index in [2.05, 4.69) is 5.32 Å². The molecule has 0 fully saturated rings. The number of methoxy groups -OCH3 is 1. The summed E-state index contributed by atoms with van der Waals surface area (Å²) in [5, 5.41) is 11.6. The van der Waals surface area contributed by atoms with E-state index in [1.54, 1.807) is 0 Å². The first-order chi connectivity index (χ1) is 8.88. The number of aliphatic carboxylic acids is 1. The molecule has 1 aromatic rings. The quantitative estimate of drug-likeness (QED) is 0.781. The number of nitrogens with one attached hydrogen (secondary N) is 1. The van der Waals surface area contributed by atoms with Gasteiger partial charge >= 0.3 is 12.1 Å². The van der Waals surface area contributed by atoms with E-state index in [0.717, 1.165) is 12.1 Å². The minimum absolute atomic E-state index is 0.139. The number of rotatable bonds is 6. The highest BCUT2D eigenvalue weighted by Gasteiger charge is 2.36. The van der Waals surface area contributed by atoms with Crippen molar-refractivity contribution in [3.8, 4) is 0 Å². The maximum atomic E-state index is 12.8. The first-order valence-corrected chi connectivity index (χ1v) is 5.49. The van der Waals surface area contributed by atoms with E-state index < -0.39 is 23.8 Å². The molecule has 0 aliphatic heterocycles. The smallest absolute Gasteiger partial charge is 0.416 e. The highest BCUT2D eigenvalue weighted by molar-refractivity contribution is 5.76. The normalized spacial score (nSPS) is 13.3. The Hall–Kier alpha value is -1.60. The zero-order chi connectivity index (χ0) is 14.5. The van der Waals surface area contributed by atoms with Gasteiger partial charge in [-0.15, -0.1) is 0 Å². The average molecular weight is 277 g/mol. The van der Waals surface area contributed by atoms with Crippen LogP contribution in [0.25, 0.3) is 0 Å². The molecule has 0 heterocycles. The molecule has 0 saturated carbocycles. The number of halogens is 3. The van der Waals surface area contributed by atoms with Gasteiger partial charge in [0.2, 0.25) is 0 Å². The van der Waals surface area contributed by atoms with Crippen LogP contribution in [0.4, 0.5) is 13.2 Å². The molecule has 1 unspecified atom stereocenters. The molecule has 0 saturated heterocycles. The summed E-state index contributed by atoms with van der Waals surface area (Å²) in [6, 6.07) is 3.19. The molecular formula is C12H14F3NO3. The Morgan fingerprint density at radius 1 is 1.42 bits per heavy atom. The van der Waals surface area contributed by atoms with Gasteiger partial charge in [0.05, 0.1) is 12.2 Å². The SMILES string of the molecule is COCCNC(C(=O)O)c1ccccc1C(F)(F)F. The lowest BCUT2D eigenvalue weighted by molar-refractivity contribution is -0.142. The topological polar surface area (TPSA) is 58.6 Å². The lowest BCUT2D eigenvalue weighted by Crippen LogP contribution is -2.32. The third-order valence-corrected chi connectivity index (χ3v) is 2.48. The lowest BCUT2D eigenvalue weighted by atomic mass is 10.00. The zero-order valence-corrected chi connectivity index (χ0v) is 10.2. The van der Waals surface area contributed by atoms with Gasteiger partial charge in [0.15, 0.2) is 0 Å². The third kappa shape index (κ3) is 4.22. The second-order valence-corrected chi connectivity index (χ2v) is 3.80. The predicted octanol–water partition coefficient (Wildman–Crippen LogP) is 2.07. The Morgan fingerprint density at radius 2 is 2.05 bits per heavy atom. The molecule has 1 atom stereocenters. The number of carboxylic acids is 1. The van der Waals surface area contributed by atoms with Crippen LogP contribution >= 0.6 is 0 Å². The van der Waals surface area contributed by atoms with Gasteiger partial charge in [0.25, 0.3) is 0 Å². The first-order valence-electron chi connectivity index (χ1n) is 5.49. The van der Waals surface area contributed by atoms with Crippen LogP contribution in [-0.2, 0) is 15.7 Å². The van der Waals surface area contributed by atoms with Gasteiger partial charge in [-0.2, -0.15) is 13.2 Å². The molecule has 106 valence electrons. The van der Waals surface area contributed by atoms with Gasteiger partial charge < -0.3 is 9.84 Å². The molecule has 0 radical (unpaired) electrons. The molecule has 7 heteroatoms. The van der Waals surface area contributed by atoms with Crippen LogP contribution in [-0.4, -0.2) is 31.3 Å². The predicted molar refractivity (Wildman–Crippen MR) is 61.7 cm³/mol. The van der Waals surface area contributed by atoms with Crippen molar-refractivity contribution in [2.45, 2.75) is 12.2 Å². The molecule has 2 N–H and O–H groups in total. The number of hydrogen-bond acceptors (Lipinski definition) is 3. The maximum Gasteiger partial charge on any atom is 0.416 e. The van der Waals surface area contributed by atoms with Crippen molar-refractivity contribution in [1.82, 2.24) is 5.32 Å². The van der Waals surface area contributed by atoms with Crippen molar-refractivity contribution >= 4 is 5.97 Å². The lowest BCUT2D eigenvalue weighted by Gasteiger charge is -2.19. The molecule has 1 rings (SSSR count). The van der Waals surface area contributed by atoms with Gasteiger partial charge in [-0.25, -0.2) is 0 Å². The molecule has 1 aromatic carbocycles. The van der Waals surface area contributed by atoms with Crippen molar-refractivity contribution in [1.29, 1.82) is 0 Å². The van der Waals surface area contributed by atoms with Crippen molar-refractivity contribution in [2.24, 2.45) is 0 Å². The highest BCUT2D eigenvalue weighted by Crippen LogP contribution is 2.34. The zero-order valence-electron chi connectivity index (χ0n) is 10.2.